The zero-order valence-electron chi connectivity index (χ0n) is 18.7. The number of piperazine rings is 1. The predicted molar refractivity (Wildman–Crippen MR) is 130 cm³/mol. The number of benzene rings is 2. The van der Waals surface area contributed by atoms with Crippen LogP contribution in [0.3, 0.4) is 0 Å². The molecule has 32 heavy (non-hydrogen) atoms. The number of halogens is 1. The summed E-state index contributed by atoms with van der Waals surface area (Å²) in [5, 5.41) is 11.6. The van der Waals surface area contributed by atoms with Gasteiger partial charge in [0.05, 0.1) is 18.2 Å². The molecule has 3 aromatic rings. The van der Waals surface area contributed by atoms with Crippen LogP contribution in [0.5, 0.6) is 5.75 Å². The van der Waals surface area contributed by atoms with E-state index in [0.717, 1.165) is 49.5 Å². The first-order chi connectivity index (χ1) is 15.5. The normalized spacial score (nSPS) is 16.2. The van der Waals surface area contributed by atoms with Crippen LogP contribution < -0.4 is 5.56 Å². The van der Waals surface area contributed by atoms with E-state index in [0.29, 0.717) is 17.1 Å². The topological polar surface area (TPSA) is 48.7 Å². The summed E-state index contributed by atoms with van der Waals surface area (Å²) in [6.45, 7) is 8.99. The molecule has 4 rings (SSSR count). The Hall–Kier alpha value is -2.60. The predicted octanol–water partition coefficient (Wildman–Crippen LogP) is 4.29. The average molecular weight is 452 g/mol. The SMILES string of the molecule is CCN1CCN([C@H](c2cccc(Cl)c2)c2c(O)cc(C)n(Cc3ccccc3)c2=O)CC1. The molecule has 2 heterocycles. The fourth-order valence-electron chi connectivity index (χ4n) is 4.56. The van der Waals surface area contributed by atoms with Crippen molar-refractivity contribution in [2.75, 3.05) is 32.7 Å². The van der Waals surface area contributed by atoms with Gasteiger partial charge in [-0.25, -0.2) is 0 Å². The number of aryl methyl sites for hydroxylation is 1. The summed E-state index contributed by atoms with van der Waals surface area (Å²) in [6, 6.07) is 18.9. The number of aromatic nitrogens is 1. The third kappa shape index (κ3) is 4.75. The van der Waals surface area contributed by atoms with Gasteiger partial charge in [-0.3, -0.25) is 9.69 Å². The molecule has 5 nitrogen and oxygen atoms in total. The number of likely N-dealkylation sites (N-methyl/N-ethyl adjacent to an activating group) is 1. The minimum Gasteiger partial charge on any atom is -0.507 e. The fourth-order valence-corrected chi connectivity index (χ4v) is 4.76. The Morgan fingerprint density at radius 2 is 1.72 bits per heavy atom. The highest BCUT2D eigenvalue weighted by Crippen LogP contribution is 2.34. The van der Waals surface area contributed by atoms with Gasteiger partial charge in [0.1, 0.15) is 5.75 Å². The quantitative estimate of drug-likeness (QED) is 0.607. The van der Waals surface area contributed by atoms with E-state index in [9.17, 15) is 9.90 Å². The van der Waals surface area contributed by atoms with Crippen LogP contribution in [0.25, 0.3) is 0 Å². The van der Waals surface area contributed by atoms with Crippen molar-refractivity contribution >= 4 is 11.6 Å². The minimum atomic E-state index is -0.358. The van der Waals surface area contributed by atoms with E-state index in [1.807, 2.05) is 61.5 Å². The van der Waals surface area contributed by atoms with Crippen LogP contribution in [0, 0.1) is 6.92 Å². The summed E-state index contributed by atoms with van der Waals surface area (Å²) >= 11 is 6.33. The van der Waals surface area contributed by atoms with Crippen molar-refractivity contribution < 1.29 is 5.11 Å². The summed E-state index contributed by atoms with van der Waals surface area (Å²) < 4.78 is 1.75. The lowest BCUT2D eigenvalue weighted by atomic mass is 9.96. The maximum atomic E-state index is 13.8. The summed E-state index contributed by atoms with van der Waals surface area (Å²) in [5.41, 5.74) is 2.96. The first-order valence-corrected chi connectivity index (χ1v) is 11.5. The van der Waals surface area contributed by atoms with Crippen LogP contribution in [0.1, 0.15) is 35.3 Å². The highest BCUT2D eigenvalue weighted by Gasteiger charge is 2.31. The molecule has 0 unspecified atom stereocenters. The van der Waals surface area contributed by atoms with Crippen LogP contribution in [0.15, 0.2) is 65.5 Å². The zero-order chi connectivity index (χ0) is 22.7. The molecule has 0 radical (unpaired) electrons. The van der Waals surface area contributed by atoms with Crippen molar-refractivity contribution in [3.05, 3.63) is 98.4 Å². The van der Waals surface area contributed by atoms with Crippen molar-refractivity contribution in [3.8, 4) is 5.75 Å². The average Bonchev–Trinajstić information content (AvgIpc) is 2.80. The zero-order valence-corrected chi connectivity index (χ0v) is 19.4. The van der Waals surface area contributed by atoms with Gasteiger partial charge in [0.15, 0.2) is 0 Å². The largest absolute Gasteiger partial charge is 0.507 e. The number of rotatable bonds is 6. The van der Waals surface area contributed by atoms with Crippen molar-refractivity contribution in [2.24, 2.45) is 0 Å². The smallest absolute Gasteiger partial charge is 0.259 e. The van der Waals surface area contributed by atoms with Crippen LogP contribution in [0.4, 0.5) is 0 Å². The molecule has 0 amide bonds. The molecule has 1 atom stereocenters. The van der Waals surface area contributed by atoms with Gasteiger partial charge in [0.25, 0.3) is 5.56 Å². The van der Waals surface area contributed by atoms with Crippen LogP contribution in [0.2, 0.25) is 5.02 Å². The van der Waals surface area contributed by atoms with Gasteiger partial charge in [-0.2, -0.15) is 0 Å². The Morgan fingerprint density at radius 1 is 1.00 bits per heavy atom. The van der Waals surface area contributed by atoms with Gasteiger partial charge in [0, 0.05) is 36.9 Å². The molecule has 1 saturated heterocycles. The molecule has 6 heteroatoms. The van der Waals surface area contributed by atoms with E-state index < -0.39 is 0 Å². The van der Waals surface area contributed by atoms with E-state index in [1.165, 1.54) is 0 Å². The standard InChI is InChI=1S/C26H30ClN3O2/c1-3-28-12-14-29(15-13-28)25(21-10-7-11-22(27)17-21)24-23(31)16-19(2)30(26(24)32)18-20-8-5-4-6-9-20/h4-11,16-17,25,31H,3,12-15,18H2,1-2H3/t25-/m1/s1. The number of aromatic hydroxyl groups is 1. The summed E-state index contributed by atoms with van der Waals surface area (Å²) in [6.07, 6.45) is 0. The summed E-state index contributed by atoms with van der Waals surface area (Å²) in [5.74, 6) is 0.0414. The third-order valence-electron chi connectivity index (χ3n) is 6.36. The monoisotopic (exact) mass is 451 g/mol. The molecule has 2 aromatic carbocycles. The fraction of sp³-hybridized carbons (Fsp3) is 0.346. The molecular weight excluding hydrogens is 422 g/mol. The van der Waals surface area contributed by atoms with Crippen LogP contribution in [-0.2, 0) is 6.54 Å². The van der Waals surface area contributed by atoms with Gasteiger partial charge in [-0.15, -0.1) is 0 Å². The maximum absolute atomic E-state index is 13.8. The van der Waals surface area contributed by atoms with E-state index in [-0.39, 0.29) is 17.4 Å². The Kier molecular flexibility index (Phi) is 6.99. The second-order valence-corrected chi connectivity index (χ2v) is 8.83. The van der Waals surface area contributed by atoms with Crippen LogP contribution >= 0.6 is 11.6 Å². The maximum Gasteiger partial charge on any atom is 0.259 e. The molecule has 1 aromatic heterocycles. The van der Waals surface area contributed by atoms with E-state index in [4.69, 9.17) is 11.6 Å². The first-order valence-electron chi connectivity index (χ1n) is 11.2. The second-order valence-electron chi connectivity index (χ2n) is 8.39. The first kappa shape index (κ1) is 22.6. The van der Waals surface area contributed by atoms with E-state index in [1.54, 1.807) is 10.6 Å². The van der Waals surface area contributed by atoms with Gasteiger partial charge >= 0.3 is 0 Å². The molecule has 1 N–H and O–H groups in total. The van der Waals surface area contributed by atoms with Gasteiger partial charge in [0.2, 0.25) is 0 Å². The number of pyridine rings is 1. The molecule has 1 aliphatic rings. The van der Waals surface area contributed by atoms with E-state index >= 15 is 0 Å². The highest BCUT2D eigenvalue weighted by atomic mass is 35.5. The molecule has 0 aliphatic carbocycles. The minimum absolute atomic E-state index is 0.0414. The Balaban J connectivity index is 1.82. The second kappa shape index (κ2) is 9.90. The van der Waals surface area contributed by atoms with Crippen molar-refractivity contribution in [2.45, 2.75) is 26.4 Å². The number of hydrogen-bond donors (Lipinski definition) is 1. The molecule has 1 fully saturated rings. The van der Waals surface area contributed by atoms with E-state index in [2.05, 4.69) is 16.7 Å². The molecule has 0 saturated carbocycles. The number of hydrogen-bond acceptors (Lipinski definition) is 4. The highest BCUT2D eigenvalue weighted by molar-refractivity contribution is 6.30. The molecular formula is C26H30ClN3O2. The lowest BCUT2D eigenvalue weighted by molar-refractivity contribution is 0.111. The molecule has 1 aliphatic heterocycles. The Labute approximate surface area is 194 Å². The molecule has 0 spiro atoms. The van der Waals surface area contributed by atoms with Crippen molar-refractivity contribution in [1.29, 1.82) is 0 Å². The van der Waals surface area contributed by atoms with Gasteiger partial charge < -0.3 is 14.6 Å². The summed E-state index contributed by atoms with van der Waals surface area (Å²) in [4.78, 5) is 18.5. The Morgan fingerprint density at radius 3 is 2.38 bits per heavy atom. The third-order valence-corrected chi connectivity index (χ3v) is 6.60. The lowest BCUT2D eigenvalue weighted by Gasteiger charge is -2.39. The van der Waals surface area contributed by atoms with Crippen molar-refractivity contribution in [3.63, 3.8) is 0 Å². The molecule has 168 valence electrons. The lowest BCUT2D eigenvalue weighted by Crippen LogP contribution is -2.48. The van der Waals surface area contributed by atoms with Gasteiger partial charge in [-0.1, -0.05) is 61.0 Å². The van der Waals surface area contributed by atoms with Gasteiger partial charge in [-0.05, 0) is 42.8 Å². The molecule has 0 bridgehead atoms. The Bertz CT molecular complexity index is 1120. The summed E-state index contributed by atoms with van der Waals surface area (Å²) in [7, 11) is 0. The van der Waals surface area contributed by atoms with Crippen LogP contribution in [-0.4, -0.2) is 52.2 Å². The van der Waals surface area contributed by atoms with Crippen molar-refractivity contribution in [1.82, 2.24) is 14.4 Å². The number of nitrogens with zero attached hydrogens (tertiary/aromatic N) is 3.